The van der Waals surface area contributed by atoms with Gasteiger partial charge in [0.05, 0.1) is 5.88 Å². The number of benzene rings is 3. The van der Waals surface area contributed by atoms with Crippen LogP contribution in [-0.2, 0) is 4.79 Å². The first-order chi connectivity index (χ1) is 13.7. The van der Waals surface area contributed by atoms with Crippen molar-refractivity contribution in [1.82, 2.24) is 4.90 Å². The van der Waals surface area contributed by atoms with Gasteiger partial charge in [-0.25, -0.2) is 0 Å². The Morgan fingerprint density at radius 3 is 2.11 bits per heavy atom. The highest BCUT2D eigenvalue weighted by Gasteiger charge is 2.35. The van der Waals surface area contributed by atoms with Crippen molar-refractivity contribution >= 4 is 29.3 Å². The highest BCUT2D eigenvalue weighted by atomic mass is 32.2. The molecule has 0 bridgehead atoms. The Balaban J connectivity index is 1.45. The van der Waals surface area contributed by atoms with Crippen LogP contribution in [0.15, 0.2) is 84.9 Å². The van der Waals surface area contributed by atoms with Crippen LogP contribution in [0.3, 0.4) is 0 Å². The van der Waals surface area contributed by atoms with Crippen LogP contribution < -0.4 is 5.32 Å². The first kappa shape index (κ1) is 18.3. The Kier molecular flexibility index (Phi) is 5.44. The van der Waals surface area contributed by atoms with Crippen molar-refractivity contribution in [3.05, 3.63) is 90.5 Å². The number of amides is 2. The monoisotopic (exact) mass is 388 g/mol. The molecule has 1 atom stereocenters. The van der Waals surface area contributed by atoms with Gasteiger partial charge < -0.3 is 10.2 Å². The molecule has 1 aliphatic rings. The lowest BCUT2D eigenvalue weighted by Gasteiger charge is -2.23. The molecular weight excluding hydrogens is 368 g/mol. The predicted molar refractivity (Wildman–Crippen MR) is 114 cm³/mol. The zero-order chi connectivity index (χ0) is 19.3. The second kappa shape index (κ2) is 8.31. The summed E-state index contributed by atoms with van der Waals surface area (Å²) in [5.41, 5.74) is 3.56. The molecule has 28 heavy (non-hydrogen) atoms. The van der Waals surface area contributed by atoms with E-state index in [-0.39, 0.29) is 11.8 Å². The maximum Gasteiger partial charge on any atom is 0.255 e. The molecule has 1 saturated heterocycles. The van der Waals surface area contributed by atoms with Gasteiger partial charge in [0, 0.05) is 17.0 Å². The summed E-state index contributed by atoms with van der Waals surface area (Å²) in [4.78, 5) is 27.2. The van der Waals surface area contributed by atoms with Crippen molar-refractivity contribution in [2.75, 3.05) is 16.9 Å². The van der Waals surface area contributed by atoms with Crippen molar-refractivity contribution in [2.24, 2.45) is 0 Å². The van der Waals surface area contributed by atoms with Gasteiger partial charge in [0.25, 0.3) is 5.91 Å². The number of rotatable bonds is 4. The average Bonchev–Trinajstić information content (AvgIpc) is 3.25. The molecule has 0 unspecified atom stereocenters. The van der Waals surface area contributed by atoms with Crippen LogP contribution in [-0.4, -0.2) is 34.4 Å². The van der Waals surface area contributed by atoms with Crippen LogP contribution in [0.2, 0.25) is 0 Å². The molecule has 3 aromatic carbocycles. The second-order valence-corrected chi connectivity index (χ2v) is 7.59. The van der Waals surface area contributed by atoms with Crippen LogP contribution in [0, 0.1) is 0 Å². The van der Waals surface area contributed by atoms with E-state index in [0.717, 1.165) is 16.8 Å². The normalized spacial score (nSPS) is 16.0. The van der Waals surface area contributed by atoms with Crippen molar-refractivity contribution < 1.29 is 9.59 Å². The molecule has 0 aromatic heterocycles. The topological polar surface area (TPSA) is 49.4 Å². The summed E-state index contributed by atoms with van der Waals surface area (Å²) in [6.45, 7) is 0. The molecule has 0 aliphatic carbocycles. The molecule has 0 spiro atoms. The van der Waals surface area contributed by atoms with E-state index in [1.54, 1.807) is 28.8 Å². The van der Waals surface area contributed by atoms with Crippen LogP contribution in [0.5, 0.6) is 0 Å². The summed E-state index contributed by atoms with van der Waals surface area (Å²) in [6.07, 6.45) is 0. The molecular formula is C23H20N2O2S. The van der Waals surface area contributed by atoms with E-state index in [9.17, 15) is 9.59 Å². The van der Waals surface area contributed by atoms with Crippen molar-refractivity contribution in [2.45, 2.75) is 6.04 Å². The van der Waals surface area contributed by atoms with E-state index in [1.807, 2.05) is 60.7 Å². The Labute approximate surface area is 168 Å². The van der Waals surface area contributed by atoms with Crippen LogP contribution in [0.25, 0.3) is 11.1 Å². The van der Waals surface area contributed by atoms with Crippen molar-refractivity contribution in [3.8, 4) is 11.1 Å². The van der Waals surface area contributed by atoms with Gasteiger partial charge in [-0.2, -0.15) is 0 Å². The van der Waals surface area contributed by atoms with Gasteiger partial charge in [-0.15, -0.1) is 11.8 Å². The minimum atomic E-state index is -0.466. The summed E-state index contributed by atoms with van der Waals surface area (Å²) in [5, 5.41) is 2.95. The van der Waals surface area contributed by atoms with Crippen molar-refractivity contribution in [1.29, 1.82) is 0 Å². The highest BCUT2D eigenvalue weighted by molar-refractivity contribution is 7.99. The zero-order valence-corrected chi connectivity index (χ0v) is 16.1. The molecule has 1 fully saturated rings. The largest absolute Gasteiger partial charge is 0.324 e. The Hall–Kier alpha value is -3.05. The predicted octanol–water partition coefficient (Wildman–Crippen LogP) is 4.51. The van der Waals surface area contributed by atoms with E-state index in [1.165, 1.54) is 0 Å². The highest BCUT2D eigenvalue weighted by Crippen LogP contribution is 2.25. The summed E-state index contributed by atoms with van der Waals surface area (Å²) >= 11 is 1.60. The summed E-state index contributed by atoms with van der Waals surface area (Å²) in [6, 6.07) is 26.5. The van der Waals surface area contributed by atoms with Gasteiger partial charge in [-0.1, -0.05) is 60.7 Å². The average molecular weight is 388 g/mol. The molecule has 0 saturated carbocycles. The van der Waals surface area contributed by atoms with Crippen LogP contribution in [0.1, 0.15) is 10.4 Å². The first-order valence-electron chi connectivity index (χ1n) is 9.12. The van der Waals surface area contributed by atoms with E-state index >= 15 is 0 Å². The quantitative estimate of drug-likeness (QED) is 0.716. The van der Waals surface area contributed by atoms with Gasteiger partial charge >= 0.3 is 0 Å². The fourth-order valence-electron chi connectivity index (χ4n) is 3.21. The summed E-state index contributed by atoms with van der Waals surface area (Å²) < 4.78 is 0. The third kappa shape index (κ3) is 3.94. The van der Waals surface area contributed by atoms with Gasteiger partial charge in [-0.3, -0.25) is 9.59 Å². The molecule has 4 rings (SSSR count). The number of nitrogens with zero attached hydrogens (tertiary/aromatic N) is 1. The number of anilines is 1. The van der Waals surface area contributed by atoms with E-state index in [0.29, 0.717) is 17.2 Å². The fraction of sp³-hybridized carbons (Fsp3) is 0.130. The number of hydrogen-bond donors (Lipinski definition) is 1. The van der Waals surface area contributed by atoms with Crippen LogP contribution in [0.4, 0.5) is 5.69 Å². The lowest BCUT2D eigenvalue weighted by atomic mass is 10.1. The first-order valence-corrected chi connectivity index (χ1v) is 10.3. The van der Waals surface area contributed by atoms with Gasteiger partial charge in [0.1, 0.15) is 6.04 Å². The SMILES string of the molecule is O=C(Nc1ccc(-c2ccccc2)cc1)[C@@H]1CSCN1C(=O)c1ccccc1. The number of thioether (sulfide) groups is 1. The molecule has 1 heterocycles. The lowest BCUT2D eigenvalue weighted by molar-refractivity contribution is -0.119. The number of hydrogen-bond acceptors (Lipinski definition) is 3. The maximum absolute atomic E-state index is 12.8. The Morgan fingerprint density at radius 1 is 0.821 bits per heavy atom. The molecule has 2 amide bonds. The van der Waals surface area contributed by atoms with E-state index in [2.05, 4.69) is 17.4 Å². The van der Waals surface area contributed by atoms with Gasteiger partial charge in [-0.05, 0) is 35.4 Å². The number of carbonyl (C=O) groups excluding carboxylic acids is 2. The minimum Gasteiger partial charge on any atom is -0.324 e. The Morgan fingerprint density at radius 2 is 1.43 bits per heavy atom. The Bertz CT molecular complexity index is 959. The summed E-state index contributed by atoms with van der Waals surface area (Å²) in [7, 11) is 0. The molecule has 5 heteroatoms. The number of carbonyl (C=O) groups is 2. The lowest BCUT2D eigenvalue weighted by Crippen LogP contribution is -2.44. The number of nitrogens with one attached hydrogen (secondary N) is 1. The van der Waals surface area contributed by atoms with E-state index < -0.39 is 6.04 Å². The molecule has 1 aliphatic heterocycles. The molecule has 1 N–H and O–H groups in total. The maximum atomic E-state index is 12.8. The van der Waals surface area contributed by atoms with Gasteiger partial charge in [0.2, 0.25) is 5.91 Å². The molecule has 3 aromatic rings. The fourth-order valence-corrected chi connectivity index (χ4v) is 4.36. The summed E-state index contributed by atoms with van der Waals surface area (Å²) in [5.74, 6) is 0.873. The zero-order valence-electron chi connectivity index (χ0n) is 15.2. The molecule has 0 radical (unpaired) electrons. The third-order valence-corrected chi connectivity index (χ3v) is 5.74. The third-order valence-electron chi connectivity index (χ3n) is 4.73. The van der Waals surface area contributed by atoms with Crippen LogP contribution >= 0.6 is 11.8 Å². The molecule has 4 nitrogen and oxygen atoms in total. The van der Waals surface area contributed by atoms with Crippen molar-refractivity contribution in [3.63, 3.8) is 0 Å². The van der Waals surface area contributed by atoms with Gasteiger partial charge in [0.15, 0.2) is 0 Å². The minimum absolute atomic E-state index is 0.106. The standard InChI is InChI=1S/C23H20N2O2S/c26-22(21-15-28-16-25(21)23(27)19-9-5-2-6-10-19)24-20-13-11-18(12-14-20)17-7-3-1-4-8-17/h1-14,21H,15-16H2,(H,24,26)/t21-/m0/s1. The second-order valence-electron chi connectivity index (χ2n) is 6.59. The molecule has 140 valence electrons. The smallest absolute Gasteiger partial charge is 0.255 e. The van der Waals surface area contributed by atoms with E-state index in [4.69, 9.17) is 0 Å².